The van der Waals surface area contributed by atoms with E-state index in [9.17, 15) is 9.67 Å². The van der Waals surface area contributed by atoms with Crippen molar-refractivity contribution in [3.63, 3.8) is 0 Å². The van der Waals surface area contributed by atoms with Crippen LogP contribution in [0.4, 0.5) is 0 Å². The number of aliphatic hydroxyl groups excluding tert-OH is 1. The largest absolute Gasteiger partial charge is 0.469 e. The minimum atomic E-state index is -4.43. The summed E-state index contributed by atoms with van der Waals surface area (Å²) < 4.78 is 14.5. The van der Waals surface area contributed by atoms with Gasteiger partial charge in [-0.05, 0) is 6.42 Å². The molecule has 0 rings (SSSR count). The Kier molecular flexibility index (Phi) is 9.18. The SMILES string of the molecule is CCCCCCCCC(O)COP(=O)(O)O. The van der Waals surface area contributed by atoms with Gasteiger partial charge >= 0.3 is 7.82 Å². The van der Waals surface area contributed by atoms with Crippen LogP contribution < -0.4 is 0 Å². The zero-order chi connectivity index (χ0) is 12.4. The van der Waals surface area contributed by atoms with Gasteiger partial charge < -0.3 is 14.9 Å². The highest BCUT2D eigenvalue weighted by Crippen LogP contribution is 2.35. The molecular formula is C10H23O5P. The predicted molar refractivity (Wildman–Crippen MR) is 62.0 cm³/mol. The highest BCUT2D eigenvalue weighted by Gasteiger charge is 2.16. The summed E-state index contributed by atoms with van der Waals surface area (Å²) in [5.74, 6) is 0. The molecule has 0 fully saturated rings. The van der Waals surface area contributed by atoms with Crippen LogP contribution in [0.5, 0.6) is 0 Å². The second kappa shape index (κ2) is 9.14. The molecule has 0 aromatic rings. The van der Waals surface area contributed by atoms with Gasteiger partial charge in [-0.2, -0.15) is 0 Å². The van der Waals surface area contributed by atoms with Gasteiger partial charge in [-0.3, -0.25) is 4.52 Å². The second-order valence-corrected chi connectivity index (χ2v) is 5.24. The summed E-state index contributed by atoms with van der Waals surface area (Å²) in [7, 11) is -4.43. The number of aliphatic hydroxyl groups is 1. The standard InChI is InChI=1S/C10H23O5P/c1-2-3-4-5-6-7-8-10(11)9-15-16(12,13)14/h10-11H,2-9H2,1H3,(H2,12,13,14). The average molecular weight is 254 g/mol. The molecule has 0 aliphatic carbocycles. The van der Waals surface area contributed by atoms with Gasteiger partial charge in [-0.15, -0.1) is 0 Å². The topological polar surface area (TPSA) is 87.0 Å². The van der Waals surface area contributed by atoms with Crippen molar-refractivity contribution in [1.82, 2.24) is 0 Å². The summed E-state index contributed by atoms with van der Waals surface area (Å²) >= 11 is 0. The van der Waals surface area contributed by atoms with Crippen molar-refractivity contribution in [2.75, 3.05) is 6.61 Å². The summed E-state index contributed by atoms with van der Waals surface area (Å²) in [6.45, 7) is 1.86. The van der Waals surface area contributed by atoms with Crippen LogP contribution in [0.15, 0.2) is 0 Å². The number of rotatable bonds is 10. The molecule has 0 bridgehead atoms. The second-order valence-electron chi connectivity index (χ2n) is 4.00. The average Bonchev–Trinajstić information content (AvgIpc) is 2.19. The van der Waals surface area contributed by atoms with E-state index in [1.165, 1.54) is 19.3 Å². The van der Waals surface area contributed by atoms with Gasteiger partial charge in [-0.1, -0.05) is 45.4 Å². The molecule has 0 radical (unpaired) electrons. The van der Waals surface area contributed by atoms with Gasteiger partial charge in [-0.25, -0.2) is 4.57 Å². The summed E-state index contributed by atoms with van der Waals surface area (Å²) in [5, 5.41) is 9.35. The third-order valence-electron chi connectivity index (χ3n) is 2.33. The Balaban J connectivity index is 3.30. The molecule has 0 aliphatic heterocycles. The first-order valence-corrected chi connectivity index (χ1v) is 7.37. The summed E-state index contributed by atoms with van der Waals surface area (Å²) in [5.41, 5.74) is 0. The van der Waals surface area contributed by atoms with E-state index < -0.39 is 13.9 Å². The van der Waals surface area contributed by atoms with Crippen LogP contribution in [-0.4, -0.2) is 27.6 Å². The Hall–Kier alpha value is 0.0700. The van der Waals surface area contributed by atoms with Crippen molar-refractivity contribution in [2.24, 2.45) is 0 Å². The van der Waals surface area contributed by atoms with Gasteiger partial charge in [0.1, 0.15) is 0 Å². The lowest BCUT2D eigenvalue weighted by Crippen LogP contribution is -2.14. The van der Waals surface area contributed by atoms with Gasteiger partial charge in [0.05, 0.1) is 12.7 Å². The molecule has 0 saturated carbocycles. The van der Waals surface area contributed by atoms with E-state index in [0.717, 1.165) is 19.3 Å². The fourth-order valence-electron chi connectivity index (χ4n) is 1.43. The highest BCUT2D eigenvalue weighted by molar-refractivity contribution is 7.46. The van der Waals surface area contributed by atoms with Crippen molar-refractivity contribution in [3.05, 3.63) is 0 Å². The van der Waals surface area contributed by atoms with E-state index in [-0.39, 0.29) is 6.61 Å². The quantitative estimate of drug-likeness (QED) is 0.411. The fraction of sp³-hybridized carbons (Fsp3) is 1.00. The van der Waals surface area contributed by atoms with E-state index in [0.29, 0.717) is 6.42 Å². The zero-order valence-corrected chi connectivity index (χ0v) is 10.7. The minimum Gasteiger partial charge on any atom is -0.391 e. The maximum absolute atomic E-state index is 10.3. The van der Waals surface area contributed by atoms with E-state index in [1.54, 1.807) is 0 Å². The zero-order valence-electron chi connectivity index (χ0n) is 9.84. The summed E-state index contributed by atoms with van der Waals surface area (Å²) in [4.78, 5) is 16.8. The van der Waals surface area contributed by atoms with Crippen LogP contribution in [0, 0.1) is 0 Å². The third-order valence-corrected chi connectivity index (χ3v) is 2.81. The number of hydrogen-bond donors (Lipinski definition) is 3. The van der Waals surface area contributed by atoms with Crippen molar-refractivity contribution < 1.29 is 24.0 Å². The Morgan fingerprint density at radius 3 is 2.25 bits per heavy atom. The van der Waals surface area contributed by atoms with Gasteiger partial charge in [0.2, 0.25) is 0 Å². The van der Waals surface area contributed by atoms with Crippen molar-refractivity contribution >= 4 is 7.82 Å². The first-order valence-electron chi connectivity index (χ1n) is 5.84. The van der Waals surface area contributed by atoms with Crippen molar-refractivity contribution in [3.8, 4) is 0 Å². The minimum absolute atomic E-state index is 0.292. The number of hydrogen-bond acceptors (Lipinski definition) is 3. The molecule has 5 nitrogen and oxygen atoms in total. The van der Waals surface area contributed by atoms with Crippen LogP contribution in [0.25, 0.3) is 0 Å². The van der Waals surface area contributed by atoms with E-state index in [1.807, 2.05) is 0 Å². The molecule has 0 aromatic carbocycles. The molecule has 0 amide bonds. The normalized spacial score (nSPS) is 14.0. The molecule has 0 spiro atoms. The first kappa shape index (κ1) is 16.1. The van der Waals surface area contributed by atoms with Gasteiger partial charge in [0.25, 0.3) is 0 Å². The molecule has 6 heteroatoms. The van der Waals surface area contributed by atoms with E-state index in [4.69, 9.17) is 9.79 Å². The summed E-state index contributed by atoms with van der Waals surface area (Å²) in [6, 6.07) is 0. The van der Waals surface area contributed by atoms with Crippen LogP contribution in [0.2, 0.25) is 0 Å². The maximum Gasteiger partial charge on any atom is 0.469 e. The van der Waals surface area contributed by atoms with Crippen molar-refractivity contribution in [1.29, 1.82) is 0 Å². The smallest absolute Gasteiger partial charge is 0.391 e. The molecule has 0 heterocycles. The van der Waals surface area contributed by atoms with Crippen LogP contribution in [-0.2, 0) is 9.09 Å². The van der Waals surface area contributed by atoms with E-state index in [2.05, 4.69) is 11.4 Å². The molecule has 1 unspecified atom stereocenters. The molecule has 0 aromatic heterocycles. The lowest BCUT2D eigenvalue weighted by molar-refractivity contribution is 0.0774. The monoisotopic (exact) mass is 254 g/mol. The lowest BCUT2D eigenvalue weighted by atomic mass is 10.1. The number of phosphoric ester groups is 1. The van der Waals surface area contributed by atoms with E-state index >= 15 is 0 Å². The van der Waals surface area contributed by atoms with Crippen LogP contribution in [0.3, 0.4) is 0 Å². The maximum atomic E-state index is 10.3. The molecular weight excluding hydrogens is 231 g/mol. The van der Waals surface area contributed by atoms with Crippen molar-refractivity contribution in [2.45, 2.75) is 58.0 Å². The van der Waals surface area contributed by atoms with Gasteiger partial charge in [0.15, 0.2) is 0 Å². The molecule has 0 saturated heterocycles. The number of phosphoric acid groups is 1. The molecule has 16 heavy (non-hydrogen) atoms. The third kappa shape index (κ3) is 12.1. The Morgan fingerprint density at radius 2 is 1.69 bits per heavy atom. The highest BCUT2D eigenvalue weighted by atomic mass is 31.2. The summed E-state index contributed by atoms with van der Waals surface area (Å²) in [6.07, 6.45) is 6.49. The van der Waals surface area contributed by atoms with Crippen LogP contribution in [0.1, 0.15) is 51.9 Å². The van der Waals surface area contributed by atoms with Crippen LogP contribution >= 0.6 is 7.82 Å². The number of unbranched alkanes of at least 4 members (excludes halogenated alkanes) is 5. The Bertz CT molecular complexity index is 203. The Morgan fingerprint density at radius 1 is 1.12 bits per heavy atom. The lowest BCUT2D eigenvalue weighted by Gasteiger charge is -2.11. The first-order chi connectivity index (χ1) is 7.45. The molecule has 3 N–H and O–H groups in total. The predicted octanol–water partition coefficient (Wildman–Crippen LogP) is 2.21. The fourth-order valence-corrected chi connectivity index (χ4v) is 1.79. The molecule has 0 aliphatic rings. The molecule has 1 atom stereocenters. The Labute approximate surface area is 97.1 Å². The molecule has 98 valence electrons. The van der Waals surface area contributed by atoms with Gasteiger partial charge in [0, 0.05) is 0 Å².